The predicted molar refractivity (Wildman–Crippen MR) is 136 cm³/mol. The van der Waals surface area contributed by atoms with Gasteiger partial charge in [-0.15, -0.1) is 0 Å². The Balaban J connectivity index is 1.15. The molecule has 2 bridgehead atoms. The van der Waals surface area contributed by atoms with Gasteiger partial charge in [0.25, 0.3) is 5.91 Å². The molecular weight excluding hydrogens is 422 g/mol. The topological polar surface area (TPSA) is 70.4 Å². The summed E-state index contributed by atoms with van der Waals surface area (Å²) in [4.78, 5) is 20.7. The van der Waals surface area contributed by atoms with Crippen molar-refractivity contribution in [3.63, 3.8) is 0 Å². The highest BCUT2D eigenvalue weighted by molar-refractivity contribution is 6.04. The first-order valence-electron chi connectivity index (χ1n) is 11.4. The molecule has 166 valence electrons. The number of nitrogens with one attached hydrogen (secondary N) is 3. The van der Waals surface area contributed by atoms with E-state index in [0.29, 0.717) is 16.8 Å². The number of hydrogen-bond donors (Lipinski definition) is 3. The van der Waals surface area contributed by atoms with Crippen LogP contribution in [0.2, 0.25) is 0 Å². The van der Waals surface area contributed by atoms with Crippen LogP contribution in [0.5, 0.6) is 0 Å². The molecule has 6 heteroatoms. The van der Waals surface area contributed by atoms with Crippen LogP contribution in [0.15, 0.2) is 79.0 Å². The van der Waals surface area contributed by atoms with Crippen molar-refractivity contribution in [2.75, 3.05) is 16.0 Å². The number of fused-ring (bicyclic) bond motifs is 1. The minimum atomic E-state index is -0.148. The summed E-state index contributed by atoms with van der Waals surface area (Å²) >= 11 is 0. The van der Waals surface area contributed by atoms with Gasteiger partial charge in [-0.05, 0) is 85.8 Å². The molecule has 3 aliphatic rings. The number of rotatable bonds is 6. The maximum absolute atomic E-state index is 12.8. The third-order valence-electron chi connectivity index (χ3n) is 6.85. The lowest BCUT2D eigenvalue weighted by Gasteiger charge is -2.62. The number of aromatic nitrogens is 1. The van der Waals surface area contributed by atoms with E-state index >= 15 is 0 Å². The van der Waals surface area contributed by atoms with Crippen LogP contribution < -0.4 is 16.0 Å². The summed E-state index contributed by atoms with van der Waals surface area (Å²) in [7, 11) is 0. The van der Waals surface area contributed by atoms with Gasteiger partial charge in [0.2, 0.25) is 0 Å². The largest absolute Gasteiger partial charge is 0.380 e. The zero-order valence-corrected chi connectivity index (χ0v) is 18.5. The zero-order chi connectivity index (χ0) is 23.1. The molecule has 0 aliphatic heterocycles. The minimum absolute atomic E-state index is 0.148. The SMILES string of the molecule is [C-]#[N+]c1ccc2nccc(Nc3ccc(C(=O)Nc4cccc(NC56CC(C5)C6)c4)cc3)c2c1. The quantitative estimate of drug-likeness (QED) is 0.287. The average Bonchev–Trinajstić information content (AvgIpc) is 2.81. The Kier molecular flexibility index (Phi) is 4.70. The molecule has 1 aromatic heterocycles. The van der Waals surface area contributed by atoms with Crippen LogP contribution in [0.25, 0.3) is 15.7 Å². The fourth-order valence-corrected chi connectivity index (χ4v) is 4.99. The van der Waals surface area contributed by atoms with Gasteiger partial charge in [-0.25, -0.2) is 4.85 Å². The second kappa shape index (κ2) is 7.89. The first-order valence-corrected chi connectivity index (χ1v) is 11.4. The molecule has 4 aromatic rings. The van der Waals surface area contributed by atoms with Crippen molar-refractivity contribution in [1.82, 2.24) is 4.98 Å². The Morgan fingerprint density at radius 1 is 0.941 bits per heavy atom. The molecule has 7 rings (SSSR count). The van der Waals surface area contributed by atoms with Crippen LogP contribution in [0.4, 0.5) is 28.4 Å². The monoisotopic (exact) mass is 445 g/mol. The van der Waals surface area contributed by atoms with Crippen molar-refractivity contribution in [2.24, 2.45) is 5.92 Å². The molecule has 3 fully saturated rings. The molecule has 0 saturated heterocycles. The first-order chi connectivity index (χ1) is 16.6. The Morgan fingerprint density at radius 3 is 2.47 bits per heavy atom. The van der Waals surface area contributed by atoms with Crippen LogP contribution in [0, 0.1) is 12.5 Å². The zero-order valence-electron chi connectivity index (χ0n) is 18.5. The van der Waals surface area contributed by atoms with E-state index in [4.69, 9.17) is 6.57 Å². The molecule has 0 atom stereocenters. The number of amides is 1. The number of pyridine rings is 1. The van der Waals surface area contributed by atoms with Crippen molar-refractivity contribution in [1.29, 1.82) is 0 Å². The van der Waals surface area contributed by atoms with Crippen molar-refractivity contribution in [3.05, 3.63) is 96.0 Å². The van der Waals surface area contributed by atoms with E-state index in [9.17, 15) is 4.79 Å². The molecule has 3 aromatic carbocycles. The van der Waals surface area contributed by atoms with E-state index in [0.717, 1.165) is 39.6 Å². The molecule has 0 spiro atoms. The highest BCUT2D eigenvalue weighted by atomic mass is 16.1. The van der Waals surface area contributed by atoms with Gasteiger partial charge in [-0.2, -0.15) is 0 Å². The Morgan fingerprint density at radius 2 is 1.74 bits per heavy atom. The van der Waals surface area contributed by atoms with E-state index in [-0.39, 0.29) is 5.91 Å². The predicted octanol–water partition coefficient (Wildman–Crippen LogP) is 6.75. The molecule has 34 heavy (non-hydrogen) atoms. The van der Waals surface area contributed by atoms with Crippen LogP contribution in [-0.4, -0.2) is 16.4 Å². The number of anilines is 4. The standard InChI is InChI=1S/C28H23N5O/c1-29-21-9-10-25-24(14-21)26(11-12-30-25)31-20-7-5-19(6-8-20)27(34)32-22-3-2-4-23(13-22)33-28-15-18(16-28)17-28/h2-14,18,33H,15-17H2,(H,30,31)(H,32,34). The molecule has 3 saturated carbocycles. The maximum Gasteiger partial charge on any atom is 0.255 e. The third kappa shape index (κ3) is 3.71. The van der Waals surface area contributed by atoms with Crippen molar-refractivity contribution in [2.45, 2.75) is 24.8 Å². The lowest BCUT2D eigenvalue weighted by Crippen LogP contribution is -2.63. The third-order valence-corrected chi connectivity index (χ3v) is 6.85. The number of hydrogen-bond acceptors (Lipinski definition) is 4. The summed E-state index contributed by atoms with van der Waals surface area (Å²) in [5.41, 5.74) is 5.82. The fraction of sp³-hybridized carbons (Fsp3) is 0.179. The first kappa shape index (κ1) is 20.3. The smallest absolute Gasteiger partial charge is 0.255 e. The van der Waals surface area contributed by atoms with E-state index in [1.807, 2.05) is 48.5 Å². The number of carbonyl (C=O) groups excluding carboxylic acids is 1. The van der Waals surface area contributed by atoms with Gasteiger partial charge in [-0.3, -0.25) is 9.78 Å². The van der Waals surface area contributed by atoms with Gasteiger partial charge < -0.3 is 16.0 Å². The molecule has 3 aliphatic carbocycles. The van der Waals surface area contributed by atoms with Crippen LogP contribution in [0.3, 0.4) is 0 Å². The van der Waals surface area contributed by atoms with E-state index in [1.54, 1.807) is 24.4 Å². The minimum Gasteiger partial charge on any atom is -0.380 e. The Bertz CT molecular complexity index is 1440. The summed E-state index contributed by atoms with van der Waals surface area (Å²) in [5, 5.41) is 10.9. The Labute approximate surface area is 197 Å². The van der Waals surface area contributed by atoms with Crippen LogP contribution in [0.1, 0.15) is 29.6 Å². The second-order valence-corrected chi connectivity index (χ2v) is 9.29. The lowest BCUT2D eigenvalue weighted by atomic mass is 9.50. The summed E-state index contributed by atoms with van der Waals surface area (Å²) in [6, 6.07) is 22.6. The summed E-state index contributed by atoms with van der Waals surface area (Å²) < 4.78 is 0. The van der Waals surface area contributed by atoms with Gasteiger partial charge in [0.15, 0.2) is 5.69 Å². The van der Waals surface area contributed by atoms with Crippen LogP contribution in [-0.2, 0) is 0 Å². The summed E-state index contributed by atoms with van der Waals surface area (Å²) in [5.74, 6) is 0.770. The fourth-order valence-electron chi connectivity index (χ4n) is 4.99. The lowest BCUT2D eigenvalue weighted by molar-refractivity contribution is 0.00214. The second-order valence-electron chi connectivity index (χ2n) is 9.29. The van der Waals surface area contributed by atoms with Crippen molar-refractivity contribution >= 4 is 45.2 Å². The average molecular weight is 446 g/mol. The number of nitrogens with zero attached hydrogens (tertiary/aromatic N) is 2. The Hall–Kier alpha value is -4.37. The van der Waals surface area contributed by atoms with Gasteiger partial charge >= 0.3 is 0 Å². The number of carbonyl (C=O) groups is 1. The van der Waals surface area contributed by atoms with Gasteiger partial charge in [0, 0.05) is 45.4 Å². The molecule has 0 unspecified atom stereocenters. The highest BCUT2D eigenvalue weighted by Crippen LogP contribution is 2.58. The molecular formula is C28H23N5O. The van der Waals surface area contributed by atoms with Gasteiger partial charge in [0.05, 0.1) is 12.1 Å². The molecule has 0 radical (unpaired) electrons. The molecule has 6 nitrogen and oxygen atoms in total. The summed E-state index contributed by atoms with van der Waals surface area (Å²) in [6.45, 7) is 7.26. The summed E-state index contributed by atoms with van der Waals surface area (Å²) in [6.07, 6.45) is 5.53. The molecule has 3 N–H and O–H groups in total. The van der Waals surface area contributed by atoms with Gasteiger partial charge in [0.1, 0.15) is 0 Å². The normalized spacial score (nSPS) is 19.9. The number of benzene rings is 3. The van der Waals surface area contributed by atoms with Crippen LogP contribution >= 0.6 is 0 Å². The van der Waals surface area contributed by atoms with E-state index in [2.05, 4.69) is 31.8 Å². The van der Waals surface area contributed by atoms with Gasteiger partial charge in [-0.1, -0.05) is 12.1 Å². The van der Waals surface area contributed by atoms with Crippen molar-refractivity contribution < 1.29 is 4.79 Å². The van der Waals surface area contributed by atoms with E-state index in [1.165, 1.54) is 19.3 Å². The van der Waals surface area contributed by atoms with E-state index < -0.39 is 0 Å². The molecule has 1 heterocycles. The highest BCUT2D eigenvalue weighted by Gasteiger charge is 2.56. The van der Waals surface area contributed by atoms with Crippen molar-refractivity contribution in [3.8, 4) is 0 Å². The molecule has 1 amide bonds. The maximum atomic E-state index is 12.8.